The highest BCUT2D eigenvalue weighted by Gasteiger charge is 2.17. The zero-order valence-electron chi connectivity index (χ0n) is 11.8. The summed E-state index contributed by atoms with van der Waals surface area (Å²) in [6.45, 7) is 4.49. The molecule has 4 nitrogen and oxygen atoms in total. The summed E-state index contributed by atoms with van der Waals surface area (Å²) in [4.78, 5) is 14.0. The Morgan fingerprint density at radius 2 is 2.37 bits per heavy atom. The molecule has 1 heterocycles. The van der Waals surface area contributed by atoms with E-state index in [1.165, 1.54) is 12.8 Å². The highest BCUT2D eigenvalue weighted by Crippen LogP contribution is 2.10. The molecule has 1 aliphatic rings. The second-order valence-electron chi connectivity index (χ2n) is 5.41. The molecule has 1 aromatic carbocycles. The largest absolute Gasteiger partial charge is 0.325 e. The van der Waals surface area contributed by atoms with E-state index in [0.717, 1.165) is 24.3 Å². The predicted octanol–water partition coefficient (Wildman–Crippen LogP) is 1.62. The molecule has 0 aliphatic carbocycles. The minimum atomic E-state index is 0.0473. The lowest BCUT2D eigenvalue weighted by Crippen LogP contribution is -2.39. The minimum Gasteiger partial charge on any atom is -0.325 e. The van der Waals surface area contributed by atoms with Gasteiger partial charge in [0.25, 0.3) is 0 Å². The van der Waals surface area contributed by atoms with E-state index in [-0.39, 0.29) is 5.91 Å². The zero-order valence-corrected chi connectivity index (χ0v) is 11.8. The van der Waals surface area contributed by atoms with Crippen LogP contribution in [0.2, 0.25) is 0 Å². The first-order valence-electron chi connectivity index (χ1n) is 6.92. The van der Waals surface area contributed by atoms with Crippen molar-refractivity contribution in [3.63, 3.8) is 0 Å². The summed E-state index contributed by atoms with van der Waals surface area (Å²) in [5, 5.41) is 6.38. The molecule has 4 heteroatoms. The van der Waals surface area contributed by atoms with Gasteiger partial charge < -0.3 is 10.6 Å². The van der Waals surface area contributed by atoms with Crippen LogP contribution in [-0.2, 0) is 4.79 Å². The van der Waals surface area contributed by atoms with Gasteiger partial charge in [0.05, 0.1) is 6.54 Å². The first-order chi connectivity index (χ1) is 9.13. The molecular formula is C15H23N3O. The van der Waals surface area contributed by atoms with Crippen LogP contribution in [0.15, 0.2) is 24.3 Å². The van der Waals surface area contributed by atoms with Crippen LogP contribution in [-0.4, -0.2) is 43.5 Å². The van der Waals surface area contributed by atoms with Crippen LogP contribution in [0.1, 0.15) is 18.4 Å². The minimum absolute atomic E-state index is 0.0473. The molecule has 1 aromatic rings. The van der Waals surface area contributed by atoms with Gasteiger partial charge in [-0.3, -0.25) is 9.69 Å². The molecule has 0 spiro atoms. The number of aryl methyl sites for hydroxylation is 1. The number of nitrogens with one attached hydrogen (secondary N) is 2. The van der Waals surface area contributed by atoms with E-state index in [1.54, 1.807) is 0 Å². The van der Waals surface area contributed by atoms with Gasteiger partial charge in [0.1, 0.15) is 0 Å². The average Bonchev–Trinajstić information content (AvgIpc) is 2.81. The van der Waals surface area contributed by atoms with E-state index in [2.05, 4.69) is 15.5 Å². The number of benzene rings is 1. The summed E-state index contributed by atoms with van der Waals surface area (Å²) >= 11 is 0. The number of anilines is 1. The number of nitrogens with zero attached hydrogens (tertiary/aromatic N) is 1. The summed E-state index contributed by atoms with van der Waals surface area (Å²) in [6, 6.07) is 8.42. The van der Waals surface area contributed by atoms with Gasteiger partial charge in [0.15, 0.2) is 0 Å². The van der Waals surface area contributed by atoms with Crippen molar-refractivity contribution >= 4 is 11.6 Å². The molecule has 1 unspecified atom stereocenters. The molecule has 104 valence electrons. The van der Waals surface area contributed by atoms with Crippen LogP contribution in [0, 0.1) is 6.92 Å². The lowest BCUT2D eigenvalue weighted by Gasteiger charge is -2.20. The van der Waals surface area contributed by atoms with Crippen molar-refractivity contribution in [3.8, 4) is 0 Å². The Balaban J connectivity index is 1.77. The van der Waals surface area contributed by atoms with Crippen molar-refractivity contribution in [1.29, 1.82) is 0 Å². The van der Waals surface area contributed by atoms with E-state index >= 15 is 0 Å². The van der Waals surface area contributed by atoms with Crippen LogP contribution in [0.4, 0.5) is 5.69 Å². The highest BCUT2D eigenvalue weighted by atomic mass is 16.2. The average molecular weight is 261 g/mol. The molecular weight excluding hydrogens is 238 g/mol. The number of rotatable bonds is 5. The van der Waals surface area contributed by atoms with Crippen molar-refractivity contribution in [2.45, 2.75) is 25.8 Å². The first kappa shape index (κ1) is 14.0. The molecule has 1 amide bonds. The van der Waals surface area contributed by atoms with Gasteiger partial charge >= 0.3 is 0 Å². The lowest BCUT2D eigenvalue weighted by molar-refractivity contribution is -0.117. The van der Waals surface area contributed by atoms with Gasteiger partial charge in [-0.15, -0.1) is 0 Å². The monoisotopic (exact) mass is 261 g/mol. The highest BCUT2D eigenvalue weighted by molar-refractivity contribution is 5.92. The summed E-state index contributed by atoms with van der Waals surface area (Å²) in [5.41, 5.74) is 2.03. The van der Waals surface area contributed by atoms with Crippen molar-refractivity contribution in [2.24, 2.45) is 0 Å². The number of hydrogen-bond donors (Lipinski definition) is 2. The van der Waals surface area contributed by atoms with Gasteiger partial charge in [-0.25, -0.2) is 0 Å². The van der Waals surface area contributed by atoms with E-state index in [4.69, 9.17) is 0 Å². The van der Waals surface area contributed by atoms with Crippen molar-refractivity contribution in [1.82, 2.24) is 10.2 Å². The third-order valence-electron chi connectivity index (χ3n) is 3.41. The Labute approximate surface area is 115 Å². The number of carbonyl (C=O) groups excluding carboxylic acids is 1. The number of amides is 1. The summed E-state index contributed by atoms with van der Waals surface area (Å²) < 4.78 is 0. The third kappa shape index (κ3) is 4.65. The molecule has 1 saturated heterocycles. The summed E-state index contributed by atoms with van der Waals surface area (Å²) in [7, 11) is 2.00. The smallest absolute Gasteiger partial charge is 0.238 e. The zero-order chi connectivity index (χ0) is 13.7. The molecule has 1 fully saturated rings. The van der Waals surface area contributed by atoms with Crippen molar-refractivity contribution in [2.75, 3.05) is 32.0 Å². The van der Waals surface area contributed by atoms with Crippen LogP contribution < -0.4 is 10.6 Å². The van der Waals surface area contributed by atoms with E-state index in [0.29, 0.717) is 12.6 Å². The Bertz CT molecular complexity index is 427. The number of carbonyl (C=O) groups is 1. The number of likely N-dealkylation sites (N-methyl/N-ethyl adjacent to an activating group) is 1. The van der Waals surface area contributed by atoms with Gasteiger partial charge in [0.2, 0.25) is 5.91 Å². The molecule has 2 rings (SSSR count). The quantitative estimate of drug-likeness (QED) is 0.846. The SMILES string of the molecule is Cc1cccc(NC(=O)CN(C)CC2CCCN2)c1. The molecule has 19 heavy (non-hydrogen) atoms. The van der Waals surface area contributed by atoms with E-state index < -0.39 is 0 Å². The van der Waals surface area contributed by atoms with E-state index in [9.17, 15) is 4.79 Å². The predicted molar refractivity (Wildman–Crippen MR) is 78.3 cm³/mol. The Kier molecular flexibility index (Phi) is 4.93. The van der Waals surface area contributed by atoms with Crippen molar-refractivity contribution in [3.05, 3.63) is 29.8 Å². The fourth-order valence-corrected chi connectivity index (χ4v) is 2.52. The van der Waals surface area contributed by atoms with Crippen LogP contribution in [0.3, 0.4) is 0 Å². The Hall–Kier alpha value is -1.39. The van der Waals surface area contributed by atoms with Gasteiger partial charge in [0, 0.05) is 18.3 Å². The number of hydrogen-bond acceptors (Lipinski definition) is 3. The molecule has 0 aromatic heterocycles. The van der Waals surface area contributed by atoms with Gasteiger partial charge in [-0.1, -0.05) is 12.1 Å². The van der Waals surface area contributed by atoms with Crippen LogP contribution in [0.5, 0.6) is 0 Å². The lowest BCUT2D eigenvalue weighted by atomic mass is 10.2. The van der Waals surface area contributed by atoms with Crippen molar-refractivity contribution < 1.29 is 4.79 Å². The van der Waals surface area contributed by atoms with Gasteiger partial charge in [-0.05, 0) is 51.1 Å². The maximum atomic E-state index is 11.9. The summed E-state index contributed by atoms with van der Waals surface area (Å²) in [6.07, 6.45) is 2.46. The normalized spacial score (nSPS) is 18.8. The Morgan fingerprint density at radius 3 is 3.05 bits per heavy atom. The van der Waals surface area contributed by atoms with Crippen LogP contribution in [0.25, 0.3) is 0 Å². The van der Waals surface area contributed by atoms with E-state index in [1.807, 2.05) is 38.2 Å². The molecule has 2 N–H and O–H groups in total. The molecule has 0 bridgehead atoms. The maximum absolute atomic E-state index is 11.9. The molecule has 1 atom stereocenters. The Morgan fingerprint density at radius 1 is 1.53 bits per heavy atom. The maximum Gasteiger partial charge on any atom is 0.238 e. The second kappa shape index (κ2) is 6.68. The standard InChI is InChI=1S/C15H23N3O/c1-12-5-3-6-13(9-12)17-15(19)11-18(2)10-14-7-4-8-16-14/h3,5-6,9,14,16H,4,7-8,10-11H2,1-2H3,(H,17,19). The first-order valence-corrected chi connectivity index (χ1v) is 6.92. The summed E-state index contributed by atoms with van der Waals surface area (Å²) in [5.74, 6) is 0.0473. The topological polar surface area (TPSA) is 44.4 Å². The fourth-order valence-electron chi connectivity index (χ4n) is 2.52. The molecule has 0 radical (unpaired) electrons. The van der Waals surface area contributed by atoms with Gasteiger partial charge in [-0.2, -0.15) is 0 Å². The molecule has 1 aliphatic heterocycles. The fraction of sp³-hybridized carbons (Fsp3) is 0.533. The third-order valence-corrected chi connectivity index (χ3v) is 3.41. The second-order valence-corrected chi connectivity index (χ2v) is 5.41. The van der Waals surface area contributed by atoms with Crippen LogP contribution >= 0.6 is 0 Å². The molecule has 0 saturated carbocycles.